The van der Waals surface area contributed by atoms with Gasteiger partial charge >= 0.3 is 6.18 Å². The SMILES string of the molecule is C=CC(=O)N1CC(OCc2nnc(C)s2)c2nn(-c3ccc(C4CC4)cc3)c3c2C(C1)N(C(=O)c1cnc(C(F)(F)F)cc1N)CC3. The highest BCUT2D eigenvalue weighted by atomic mass is 32.1. The minimum absolute atomic E-state index is 0.0780. The van der Waals surface area contributed by atoms with Gasteiger partial charge in [-0.05, 0) is 55.5 Å². The maximum absolute atomic E-state index is 14.1. The maximum atomic E-state index is 14.1. The van der Waals surface area contributed by atoms with E-state index in [-0.39, 0.29) is 43.4 Å². The lowest BCUT2D eigenvalue weighted by Crippen LogP contribution is -2.46. The smallest absolute Gasteiger partial charge is 0.398 e. The van der Waals surface area contributed by atoms with E-state index in [0.717, 1.165) is 28.1 Å². The third-order valence-electron chi connectivity index (χ3n) is 8.80. The molecule has 5 heterocycles. The van der Waals surface area contributed by atoms with Crippen LogP contribution in [0, 0.1) is 6.92 Å². The van der Waals surface area contributed by atoms with Gasteiger partial charge in [0.1, 0.15) is 28.4 Å². The van der Waals surface area contributed by atoms with Gasteiger partial charge in [0.15, 0.2) is 0 Å². The van der Waals surface area contributed by atoms with Crippen molar-refractivity contribution in [3.63, 3.8) is 0 Å². The quantitative estimate of drug-likeness (QED) is 0.275. The molecular weight excluding hydrogens is 633 g/mol. The molecule has 1 saturated carbocycles. The molecule has 1 aliphatic carbocycles. The van der Waals surface area contributed by atoms with E-state index in [1.165, 1.54) is 40.7 Å². The van der Waals surface area contributed by atoms with Crippen LogP contribution in [0.15, 0.2) is 49.2 Å². The highest BCUT2D eigenvalue weighted by Crippen LogP contribution is 2.43. The number of benzene rings is 1. The minimum Gasteiger partial charge on any atom is -0.398 e. The summed E-state index contributed by atoms with van der Waals surface area (Å²) in [7, 11) is 0. The van der Waals surface area contributed by atoms with E-state index < -0.39 is 29.9 Å². The molecule has 1 aromatic carbocycles. The molecule has 1 fully saturated rings. The number of amides is 2. The number of ether oxygens (including phenoxy) is 1. The molecule has 2 N–H and O–H groups in total. The summed E-state index contributed by atoms with van der Waals surface area (Å²) in [5.41, 5.74) is 8.60. The highest BCUT2D eigenvalue weighted by Gasteiger charge is 2.44. The molecule has 3 aliphatic rings. The van der Waals surface area contributed by atoms with E-state index in [9.17, 15) is 22.8 Å². The van der Waals surface area contributed by atoms with Crippen molar-refractivity contribution in [2.24, 2.45) is 0 Å². The predicted octanol–water partition coefficient (Wildman–Crippen LogP) is 4.93. The summed E-state index contributed by atoms with van der Waals surface area (Å²) in [4.78, 5) is 33.8. The molecule has 244 valence electrons. The summed E-state index contributed by atoms with van der Waals surface area (Å²) in [5.74, 6) is -0.376. The Hall–Kier alpha value is -4.63. The van der Waals surface area contributed by atoms with Crippen LogP contribution in [0.1, 0.15) is 79.5 Å². The lowest BCUT2D eigenvalue weighted by molar-refractivity contribution is -0.141. The topological polar surface area (TPSA) is 132 Å². The van der Waals surface area contributed by atoms with Crippen LogP contribution in [0.4, 0.5) is 18.9 Å². The van der Waals surface area contributed by atoms with Gasteiger partial charge in [-0.15, -0.1) is 10.2 Å². The molecule has 0 saturated heterocycles. The van der Waals surface area contributed by atoms with Crippen LogP contribution in [0.2, 0.25) is 0 Å². The van der Waals surface area contributed by atoms with Gasteiger partial charge in [0.2, 0.25) is 5.91 Å². The van der Waals surface area contributed by atoms with E-state index in [2.05, 4.69) is 33.9 Å². The van der Waals surface area contributed by atoms with Crippen LogP contribution in [-0.4, -0.2) is 66.2 Å². The average Bonchev–Trinajstić information content (AvgIpc) is 3.75. The zero-order chi connectivity index (χ0) is 33.0. The number of nitrogen functional groups attached to an aromatic ring is 1. The third-order valence-corrected chi connectivity index (χ3v) is 9.61. The zero-order valence-electron chi connectivity index (χ0n) is 25.4. The molecule has 3 aromatic heterocycles. The number of carbonyl (C=O) groups is 2. The van der Waals surface area contributed by atoms with Gasteiger partial charge in [0.25, 0.3) is 5.91 Å². The van der Waals surface area contributed by atoms with Crippen molar-refractivity contribution in [1.82, 2.24) is 34.8 Å². The van der Waals surface area contributed by atoms with Gasteiger partial charge in [-0.25, -0.2) is 4.68 Å². The predicted molar refractivity (Wildman–Crippen MR) is 166 cm³/mol. The van der Waals surface area contributed by atoms with E-state index >= 15 is 0 Å². The van der Waals surface area contributed by atoms with Crippen molar-refractivity contribution < 1.29 is 27.5 Å². The summed E-state index contributed by atoms with van der Waals surface area (Å²) < 4.78 is 48.2. The molecule has 4 aromatic rings. The number of halogens is 3. The fraction of sp³-hybridized carbons (Fsp3) is 0.375. The lowest BCUT2D eigenvalue weighted by Gasteiger charge is -2.38. The Bertz CT molecular complexity index is 1870. The van der Waals surface area contributed by atoms with Crippen molar-refractivity contribution >= 4 is 28.8 Å². The Morgan fingerprint density at radius 2 is 1.94 bits per heavy atom. The van der Waals surface area contributed by atoms with Gasteiger partial charge in [-0.3, -0.25) is 14.6 Å². The summed E-state index contributed by atoms with van der Waals surface area (Å²) in [6.07, 6.45) is -0.602. The van der Waals surface area contributed by atoms with Crippen molar-refractivity contribution in [3.05, 3.63) is 93.0 Å². The molecule has 2 aliphatic heterocycles. The lowest BCUT2D eigenvalue weighted by atomic mass is 9.94. The Morgan fingerprint density at radius 3 is 2.57 bits per heavy atom. The van der Waals surface area contributed by atoms with Crippen LogP contribution >= 0.6 is 11.3 Å². The Morgan fingerprint density at radius 1 is 1.17 bits per heavy atom. The first-order chi connectivity index (χ1) is 22.5. The fourth-order valence-electron chi connectivity index (χ4n) is 6.35. The fourth-order valence-corrected chi connectivity index (χ4v) is 6.98. The summed E-state index contributed by atoms with van der Waals surface area (Å²) in [6, 6.07) is 8.25. The average molecular weight is 665 g/mol. The van der Waals surface area contributed by atoms with Gasteiger partial charge in [-0.2, -0.15) is 18.3 Å². The number of carbonyl (C=O) groups excluding carboxylic acids is 2. The van der Waals surface area contributed by atoms with Gasteiger partial charge < -0.3 is 20.3 Å². The minimum atomic E-state index is -4.72. The van der Waals surface area contributed by atoms with E-state index in [0.29, 0.717) is 29.1 Å². The summed E-state index contributed by atoms with van der Waals surface area (Å²) in [6.45, 7) is 6.04. The first kappa shape index (κ1) is 31.0. The molecule has 15 heteroatoms. The molecule has 2 atom stereocenters. The van der Waals surface area contributed by atoms with Crippen molar-refractivity contribution in [2.45, 2.75) is 57.0 Å². The maximum Gasteiger partial charge on any atom is 0.433 e. The Labute approximate surface area is 271 Å². The zero-order valence-corrected chi connectivity index (χ0v) is 26.2. The largest absolute Gasteiger partial charge is 0.433 e. The second kappa shape index (κ2) is 11.9. The van der Waals surface area contributed by atoms with E-state index in [1.54, 1.807) is 4.90 Å². The normalized spacial score (nSPS) is 19.3. The second-order valence-corrected chi connectivity index (χ2v) is 13.2. The van der Waals surface area contributed by atoms with E-state index in [4.69, 9.17) is 15.6 Å². The number of hydrogen-bond donors (Lipinski definition) is 1. The number of nitrogens with zero attached hydrogens (tertiary/aromatic N) is 7. The number of alkyl halides is 3. The molecule has 11 nitrogen and oxygen atoms in total. The molecule has 7 rings (SSSR count). The van der Waals surface area contributed by atoms with Crippen LogP contribution in [0.25, 0.3) is 5.69 Å². The Balaban J connectivity index is 1.32. The number of pyridine rings is 1. The number of rotatable bonds is 7. The van der Waals surface area contributed by atoms with Crippen LogP contribution in [-0.2, 0) is 28.7 Å². The molecule has 0 spiro atoms. The van der Waals surface area contributed by atoms with Gasteiger partial charge in [-0.1, -0.05) is 30.0 Å². The van der Waals surface area contributed by atoms with Crippen molar-refractivity contribution in [1.29, 1.82) is 0 Å². The molecular formula is C32H31F3N8O3S. The number of aromatic nitrogens is 5. The Kier molecular flexibility index (Phi) is 7.83. The number of aryl methyl sites for hydroxylation is 1. The van der Waals surface area contributed by atoms with E-state index in [1.807, 2.05) is 23.7 Å². The first-order valence-corrected chi connectivity index (χ1v) is 16.0. The van der Waals surface area contributed by atoms with Crippen LogP contribution in [0.3, 0.4) is 0 Å². The molecule has 2 amide bonds. The molecule has 2 unspecified atom stereocenters. The number of anilines is 1. The first-order valence-electron chi connectivity index (χ1n) is 15.2. The monoisotopic (exact) mass is 664 g/mol. The molecule has 0 radical (unpaired) electrons. The molecule has 0 bridgehead atoms. The van der Waals surface area contributed by atoms with Gasteiger partial charge in [0.05, 0.1) is 35.2 Å². The van der Waals surface area contributed by atoms with Crippen molar-refractivity contribution in [2.75, 3.05) is 25.4 Å². The summed E-state index contributed by atoms with van der Waals surface area (Å²) in [5, 5.41) is 14.8. The number of nitrogens with two attached hydrogens (primary N) is 1. The standard InChI is InChI=1S/C32H31F3N8O3S/c1-3-28(44)41-14-24-29-23(10-11-42(24)31(45)21-13-37-26(12-22(21)36)32(33,34)35)43(20-8-6-19(7-9-20)18-4-5-18)40-30(29)25(15-41)46-16-27-39-38-17(2)47-27/h3,6-9,12-13,18,24-25H,1,4-5,10-11,14-16H2,2H3,(H2,36,37). The molecule has 47 heavy (non-hydrogen) atoms. The highest BCUT2D eigenvalue weighted by molar-refractivity contribution is 7.11. The number of hydrogen-bond acceptors (Lipinski definition) is 9. The second-order valence-electron chi connectivity index (χ2n) is 11.9. The third kappa shape index (κ3) is 5.89. The van der Waals surface area contributed by atoms with Crippen LogP contribution in [0.5, 0.6) is 0 Å². The van der Waals surface area contributed by atoms with Gasteiger partial charge in [0, 0.05) is 37.0 Å². The van der Waals surface area contributed by atoms with Crippen LogP contribution < -0.4 is 5.73 Å². The van der Waals surface area contributed by atoms with Crippen molar-refractivity contribution in [3.8, 4) is 5.69 Å². The summed E-state index contributed by atoms with van der Waals surface area (Å²) >= 11 is 1.40.